The maximum absolute atomic E-state index is 12.3. The van der Waals surface area contributed by atoms with E-state index in [0.717, 1.165) is 44.5 Å². The zero-order chi connectivity index (χ0) is 18.4. The molecule has 0 aromatic heterocycles. The molecule has 1 heterocycles. The molecular formula is C21H34N2O2. The van der Waals surface area contributed by atoms with Gasteiger partial charge in [0.15, 0.2) is 0 Å². The van der Waals surface area contributed by atoms with E-state index >= 15 is 0 Å². The summed E-state index contributed by atoms with van der Waals surface area (Å²) < 4.78 is 0. The van der Waals surface area contributed by atoms with Gasteiger partial charge < -0.3 is 15.3 Å². The molecule has 140 valence electrons. The number of likely N-dealkylation sites (tertiary alicyclic amines) is 1. The summed E-state index contributed by atoms with van der Waals surface area (Å²) in [6, 6.07) is 8.04. The normalized spacial score (nSPS) is 18.1. The number of aliphatic hydroxyl groups excluding tert-OH is 1. The van der Waals surface area contributed by atoms with Crippen LogP contribution < -0.4 is 5.32 Å². The average molecular weight is 347 g/mol. The summed E-state index contributed by atoms with van der Waals surface area (Å²) in [5.41, 5.74) is 2.20. The van der Waals surface area contributed by atoms with Crippen molar-refractivity contribution in [1.82, 2.24) is 10.2 Å². The van der Waals surface area contributed by atoms with Gasteiger partial charge in [0.25, 0.3) is 0 Å². The topological polar surface area (TPSA) is 52.6 Å². The van der Waals surface area contributed by atoms with Crippen molar-refractivity contribution in [3.8, 4) is 0 Å². The van der Waals surface area contributed by atoms with Crippen molar-refractivity contribution in [3.05, 3.63) is 35.4 Å². The van der Waals surface area contributed by atoms with E-state index in [-0.39, 0.29) is 23.8 Å². The third kappa shape index (κ3) is 5.82. The summed E-state index contributed by atoms with van der Waals surface area (Å²) in [5.74, 6) is 0.171. The quantitative estimate of drug-likeness (QED) is 0.831. The van der Waals surface area contributed by atoms with Crippen molar-refractivity contribution in [2.24, 2.45) is 5.92 Å². The number of aliphatic hydroxyl groups is 1. The van der Waals surface area contributed by atoms with Crippen LogP contribution in [0, 0.1) is 5.92 Å². The number of nitrogens with one attached hydrogen (secondary N) is 1. The minimum Gasteiger partial charge on any atom is -0.387 e. The first-order chi connectivity index (χ1) is 11.8. The average Bonchev–Trinajstić information content (AvgIpc) is 2.59. The summed E-state index contributed by atoms with van der Waals surface area (Å²) in [7, 11) is 0. The minimum absolute atomic E-state index is 0.0847. The van der Waals surface area contributed by atoms with Crippen LogP contribution in [0.5, 0.6) is 0 Å². The highest BCUT2D eigenvalue weighted by atomic mass is 16.3. The lowest BCUT2D eigenvalue weighted by Crippen LogP contribution is -2.41. The number of benzene rings is 1. The molecule has 0 saturated carbocycles. The predicted molar refractivity (Wildman–Crippen MR) is 103 cm³/mol. The first-order valence-electron chi connectivity index (χ1n) is 9.60. The zero-order valence-electron chi connectivity index (χ0n) is 16.2. The van der Waals surface area contributed by atoms with Gasteiger partial charge >= 0.3 is 0 Å². The van der Waals surface area contributed by atoms with Crippen molar-refractivity contribution in [3.63, 3.8) is 0 Å². The maximum Gasteiger partial charge on any atom is 0.223 e. The molecule has 0 bridgehead atoms. The molecule has 4 heteroatoms. The fourth-order valence-electron chi connectivity index (χ4n) is 3.40. The van der Waals surface area contributed by atoms with E-state index in [2.05, 4.69) is 50.0 Å². The minimum atomic E-state index is -0.654. The van der Waals surface area contributed by atoms with Gasteiger partial charge in [-0.3, -0.25) is 4.79 Å². The van der Waals surface area contributed by atoms with Gasteiger partial charge in [-0.15, -0.1) is 0 Å². The van der Waals surface area contributed by atoms with Crippen LogP contribution in [-0.4, -0.2) is 42.1 Å². The molecule has 1 atom stereocenters. The molecule has 0 radical (unpaired) electrons. The van der Waals surface area contributed by atoms with E-state index in [1.54, 1.807) is 0 Å². The highest BCUT2D eigenvalue weighted by Crippen LogP contribution is 2.24. The van der Waals surface area contributed by atoms with Crippen LogP contribution in [0.2, 0.25) is 0 Å². The van der Waals surface area contributed by atoms with Crippen molar-refractivity contribution < 1.29 is 9.90 Å². The van der Waals surface area contributed by atoms with Gasteiger partial charge in [-0.2, -0.15) is 0 Å². The monoisotopic (exact) mass is 346 g/mol. The van der Waals surface area contributed by atoms with Gasteiger partial charge in [-0.1, -0.05) is 52.0 Å². The molecular weight excluding hydrogens is 312 g/mol. The van der Waals surface area contributed by atoms with Gasteiger partial charge in [0.1, 0.15) is 0 Å². The van der Waals surface area contributed by atoms with E-state index in [1.165, 1.54) is 5.56 Å². The molecule has 0 spiro atoms. The van der Waals surface area contributed by atoms with Crippen molar-refractivity contribution in [1.29, 1.82) is 0 Å². The lowest BCUT2D eigenvalue weighted by Gasteiger charge is -2.31. The van der Waals surface area contributed by atoms with Crippen LogP contribution >= 0.6 is 0 Å². The smallest absolute Gasteiger partial charge is 0.223 e. The van der Waals surface area contributed by atoms with Crippen molar-refractivity contribution in [2.75, 3.05) is 26.2 Å². The largest absolute Gasteiger partial charge is 0.387 e. The summed E-state index contributed by atoms with van der Waals surface area (Å²) >= 11 is 0. The van der Waals surface area contributed by atoms with E-state index in [1.807, 2.05) is 12.1 Å². The Balaban J connectivity index is 1.79. The lowest BCUT2D eigenvalue weighted by atomic mass is 9.86. The molecule has 2 N–H and O–H groups in total. The van der Waals surface area contributed by atoms with E-state index in [9.17, 15) is 9.90 Å². The maximum atomic E-state index is 12.3. The molecule has 1 amide bonds. The molecule has 25 heavy (non-hydrogen) atoms. The number of hydrogen-bond acceptors (Lipinski definition) is 3. The fraction of sp³-hybridized carbons (Fsp3) is 0.667. The number of carbonyl (C=O) groups excluding carboxylic acids is 1. The third-order valence-corrected chi connectivity index (χ3v) is 5.13. The van der Waals surface area contributed by atoms with Crippen LogP contribution in [0.15, 0.2) is 24.3 Å². The summed E-state index contributed by atoms with van der Waals surface area (Å²) in [5, 5.41) is 13.3. The lowest BCUT2D eigenvalue weighted by molar-refractivity contribution is -0.126. The number of rotatable bonds is 6. The van der Waals surface area contributed by atoms with Gasteiger partial charge in [-0.05, 0) is 55.4 Å². The molecule has 1 aliphatic rings. The Morgan fingerprint density at radius 1 is 1.24 bits per heavy atom. The molecule has 1 aliphatic heterocycles. The van der Waals surface area contributed by atoms with Crippen LogP contribution in [0.3, 0.4) is 0 Å². The van der Waals surface area contributed by atoms with Crippen molar-refractivity contribution in [2.45, 2.75) is 58.5 Å². The summed E-state index contributed by atoms with van der Waals surface area (Å²) in [6.07, 6.45) is 2.35. The second-order valence-electron chi connectivity index (χ2n) is 8.25. The number of amides is 1. The Bertz CT molecular complexity index is 540. The van der Waals surface area contributed by atoms with Crippen LogP contribution in [0.4, 0.5) is 0 Å². The third-order valence-electron chi connectivity index (χ3n) is 5.13. The molecule has 1 saturated heterocycles. The SMILES string of the molecule is CCCN1CCC(C(=O)NCC(O)c2ccc(C(C)(C)C)cc2)CC1. The second kappa shape index (κ2) is 8.81. The van der Waals surface area contributed by atoms with Crippen LogP contribution in [-0.2, 0) is 10.2 Å². The van der Waals surface area contributed by atoms with Crippen LogP contribution in [0.1, 0.15) is 64.2 Å². The van der Waals surface area contributed by atoms with E-state index in [4.69, 9.17) is 0 Å². The van der Waals surface area contributed by atoms with Gasteiger partial charge in [-0.25, -0.2) is 0 Å². The number of nitrogens with zero attached hydrogens (tertiary/aromatic N) is 1. The first-order valence-corrected chi connectivity index (χ1v) is 9.60. The molecule has 4 nitrogen and oxygen atoms in total. The molecule has 1 aromatic carbocycles. The summed E-state index contributed by atoms with van der Waals surface area (Å²) in [4.78, 5) is 14.8. The van der Waals surface area contributed by atoms with E-state index < -0.39 is 6.10 Å². The molecule has 1 aromatic rings. The number of piperidine rings is 1. The Morgan fingerprint density at radius 3 is 2.36 bits per heavy atom. The number of hydrogen-bond donors (Lipinski definition) is 2. The van der Waals surface area contributed by atoms with Gasteiger partial charge in [0, 0.05) is 12.5 Å². The van der Waals surface area contributed by atoms with E-state index in [0.29, 0.717) is 0 Å². The Labute approximate surface area is 152 Å². The van der Waals surface area contributed by atoms with Crippen molar-refractivity contribution >= 4 is 5.91 Å². The van der Waals surface area contributed by atoms with Gasteiger partial charge in [0.05, 0.1) is 6.10 Å². The Morgan fingerprint density at radius 2 is 1.84 bits per heavy atom. The molecule has 0 aliphatic carbocycles. The van der Waals surface area contributed by atoms with Crippen LogP contribution in [0.25, 0.3) is 0 Å². The summed E-state index contributed by atoms with van der Waals surface area (Å²) in [6.45, 7) is 12.1. The first kappa shape index (κ1) is 19.9. The molecule has 1 unspecified atom stereocenters. The Kier molecular flexibility index (Phi) is 7.03. The highest BCUT2D eigenvalue weighted by molar-refractivity contribution is 5.78. The zero-order valence-corrected chi connectivity index (χ0v) is 16.2. The number of carbonyl (C=O) groups is 1. The molecule has 1 fully saturated rings. The standard InChI is InChI=1S/C21H34N2O2/c1-5-12-23-13-10-17(11-14-23)20(25)22-15-19(24)16-6-8-18(9-7-16)21(2,3)4/h6-9,17,19,24H,5,10-15H2,1-4H3,(H,22,25). The van der Waals surface area contributed by atoms with Gasteiger partial charge in [0.2, 0.25) is 5.91 Å². The predicted octanol–water partition coefficient (Wildman–Crippen LogP) is 3.26. The highest BCUT2D eigenvalue weighted by Gasteiger charge is 2.25. The Hall–Kier alpha value is -1.39. The molecule has 2 rings (SSSR count). The fourth-order valence-corrected chi connectivity index (χ4v) is 3.40. The second-order valence-corrected chi connectivity index (χ2v) is 8.25.